The summed E-state index contributed by atoms with van der Waals surface area (Å²) in [5, 5.41) is 5.24. The zero-order valence-electron chi connectivity index (χ0n) is 12.7. The summed E-state index contributed by atoms with van der Waals surface area (Å²) >= 11 is 1.53. The predicted molar refractivity (Wildman–Crippen MR) is 87.1 cm³/mol. The Morgan fingerprint density at radius 1 is 1.48 bits per heavy atom. The maximum atomic E-state index is 12.0. The standard InChI is InChI=1S/C16H16N4O2S/c1-2-22-15(21)12-8-13(10-4-3-5-10)20(19-12)16-18-11-6-7-17-9-14(11)23-16/h6-10H,2-5H2,1H3. The summed E-state index contributed by atoms with van der Waals surface area (Å²) in [6, 6.07) is 3.74. The molecule has 0 unspecified atom stereocenters. The molecule has 0 atom stereocenters. The van der Waals surface area contributed by atoms with Crippen molar-refractivity contribution in [2.45, 2.75) is 32.1 Å². The molecule has 0 aromatic carbocycles. The van der Waals surface area contributed by atoms with Crippen molar-refractivity contribution in [2.75, 3.05) is 6.61 Å². The van der Waals surface area contributed by atoms with Crippen LogP contribution in [0.2, 0.25) is 0 Å². The van der Waals surface area contributed by atoms with Crippen molar-refractivity contribution in [2.24, 2.45) is 0 Å². The summed E-state index contributed by atoms with van der Waals surface area (Å²) in [7, 11) is 0. The van der Waals surface area contributed by atoms with E-state index in [-0.39, 0.29) is 5.97 Å². The van der Waals surface area contributed by atoms with Gasteiger partial charge in [-0.15, -0.1) is 0 Å². The first-order chi connectivity index (χ1) is 11.3. The van der Waals surface area contributed by atoms with E-state index in [1.165, 1.54) is 17.8 Å². The summed E-state index contributed by atoms with van der Waals surface area (Å²) in [5.74, 6) is 0.0606. The smallest absolute Gasteiger partial charge is 0.358 e. The van der Waals surface area contributed by atoms with Gasteiger partial charge in [-0.2, -0.15) is 5.10 Å². The third-order valence-electron chi connectivity index (χ3n) is 4.11. The third kappa shape index (κ3) is 2.50. The van der Waals surface area contributed by atoms with Crippen LogP contribution in [0.4, 0.5) is 0 Å². The quantitative estimate of drug-likeness (QED) is 0.687. The fourth-order valence-electron chi connectivity index (χ4n) is 2.71. The molecule has 0 spiro atoms. The van der Waals surface area contributed by atoms with Gasteiger partial charge in [0.15, 0.2) is 5.69 Å². The van der Waals surface area contributed by atoms with Crippen molar-refractivity contribution in [3.8, 4) is 5.13 Å². The number of hydrogen-bond acceptors (Lipinski definition) is 6. The van der Waals surface area contributed by atoms with E-state index in [9.17, 15) is 4.79 Å². The van der Waals surface area contributed by atoms with Gasteiger partial charge in [0.25, 0.3) is 0 Å². The number of pyridine rings is 1. The maximum Gasteiger partial charge on any atom is 0.358 e. The zero-order chi connectivity index (χ0) is 15.8. The van der Waals surface area contributed by atoms with Crippen LogP contribution in [-0.2, 0) is 4.74 Å². The van der Waals surface area contributed by atoms with Crippen LogP contribution in [0.15, 0.2) is 24.5 Å². The lowest BCUT2D eigenvalue weighted by atomic mass is 9.83. The first-order valence-corrected chi connectivity index (χ1v) is 8.56. The largest absolute Gasteiger partial charge is 0.461 e. The minimum Gasteiger partial charge on any atom is -0.461 e. The van der Waals surface area contributed by atoms with Gasteiger partial charge in [0, 0.05) is 18.3 Å². The van der Waals surface area contributed by atoms with Crippen LogP contribution >= 0.6 is 11.3 Å². The first kappa shape index (κ1) is 14.3. The number of ether oxygens (including phenoxy) is 1. The van der Waals surface area contributed by atoms with Gasteiger partial charge in [-0.1, -0.05) is 17.8 Å². The number of esters is 1. The number of carbonyl (C=O) groups is 1. The highest BCUT2D eigenvalue weighted by molar-refractivity contribution is 7.20. The number of aromatic nitrogens is 4. The highest BCUT2D eigenvalue weighted by atomic mass is 32.1. The summed E-state index contributed by atoms with van der Waals surface area (Å²) in [5.41, 5.74) is 2.30. The number of carbonyl (C=O) groups excluding carboxylic acids is 1. The van der Waals surface area contributed by atoms with E-state index in [0.29, 0.717) is 18.2 Å². The van der Waals surface area contributed by atoms with Crippen LogP contribution < -0.4 is 0 Å². The molecule has 1 saturated carbocycles. The molecule has 0 aliphatic heterocycles. The molecule has 1 aliphatic carbocycles. The topological polar surface area (TPSA) is 69.9 Å². The number of nitrogens with zero attached hydrogens (tertiary/aromatic N) is 4. The molecule has 0 N–H and O–H groups in total. The Labute approximate surface area is 137 Å². The summed E-state index contributed by atoms with van der Waals surface area (Å²) < 4.78 is 7.90. The van der Waals surface area contributed by atoms with Crippen LogP contribution in [0.25, 0.3) is 15.3 Å². The molecule has 0 radical (unpaired) electrons. The van der Waals surface area contributed by atoms with Crippen LogP contribution in [0, 0.1) is 0 Å². The molecule has 23 heavy (non-hydrogen) atoms. The molecule has 0 saturated heterocycles. The summed E-state index contributed by atoms with van der Waals surface area (Å²) in [6.07, 6.45) is 7.00. The molecule has 1 fully saturated rings. The van der Waals surface area contributed by atoms with Gasteiger partial charge in [0.1, 0.15) is 0 Å². The third-order valence-corrected chi connectivity index (χ3v) is 5.09. The first-order valence-electron chi connectivity index (χ1n) is 7.74. The Balaban J connectivity index is 1.80. The molecular weight excluding hydrogens is 312 g/mol. The molecular formula is C16H16N4O2S. The lowest BCUT2D eigenvalue weighted by molar-refractivity contribution is 0.0519. The number of hydrogen-bond donors (Lipinski definition) is 0. The van der Waals surface area contributed by atoms with Gasteiger partial charge >= 0.3 is 5.97 Å². The van der Waals surface area contributed by atoms with E-state index in [2.05, 4.69) is 15.1 Å². The molecule has 118 valence electrons. The molecule has 1 aliphatic rings. The Morgan fingerprint density at radius 3 is 3.04 bits per heavy atom. The van der Waals surface area contributed by atoms with Crippen LogP contribution in [-0.4, -0.2) is 32.3 Å². The van der Waals surface area contributed by atoms with E-state index in [4.69, 9.17) is 4.74 Å². The Morgan fingerprint density at radius 2 is 2.35 bits per heavy atom. The second-order valence-electron chi connectivity index (χ2n) is 5.55. The predicted octanol–water partition coefficient (Wildman–Crippen LogP) is 3.32. The number of thiazole rings is 1. The van der Waals surface area contributed by atoms with Gasteiger partial charge in [0.2, 0.25) is 5.13 Å². The van der Waals surface area contributed by atoms with Crippen molar-refractivity contribution in [3.05, 3.63) is 35.9 Å². The van der Waals surface area contributed by atoms with E-state index in [0.717, 1.165) is 33.9 Å². The minimum absolute atomic E-state index is 0.345. The summed E-state index contributed by atoms with van der Waals surface area (Å²) in [4.78, 5) is 20.8. The van der Waals surface area contributed by atoms with E-state index < -0.39 is 0 Å². The molecule has 6 nitrogen and oxygen atoms in total. The van der Waals surface area contributed by atoms with E-state index >= 15 is 0 Å². The van der Waals surface area contributed by atoms with E-state index in [1.54, 1.807) is 24.0 Å². The maximum absolute atomic E-state index is 12.0. The highest BCUT2D eigenvalue weighted by Crippen LogP contribution is 2.38. The van der Waals surface area contributed by atoms with Gasteiger partial charge in [-0.05, 0) is 31.9 Å². The van der Waals surface area contributed by atoms with E-state index in [1.807, 2.05) is 12.1 Å². The normalized spacial score (nSPS) is 14.8. The van der Waals surface area contributed by atoms with Crippen molar-refractivity contribution < 1.29 is 9.53 Å². The summed E-state index contributed by atoms with van der Waals surface area (Å²) in [6.45, 7) is 2.14. The Kier molecular flexibility index (Phi) is 3.57. The average molecular weight is 328 g/mol. The fourth-order valence-corrected chi connectivity index (χ4v) is 3.61. The lowest BCUT2D eigenvalue weighted by Crippen LogP contribution is -2.14. The van der Waals surface area contributed by atoms with Gasteiger partial charge in [0.05, 0.1) is 22.5 Å². The van der Waals surface area contributed by atoms with Crippen molar-refractivity contribution in [1.29, 1.82) is 0 Å². The number of rotatable bonds is 4. The minimum atomic E-state index is -0.380. The number of fused-ring (bicyclic) bond motifs is 1. The fraction of sp³-hybridized carbons (Fsp3) is 0.375. The highest BCUT2D eigenvalue weighted by Gasteiger charge is 2.27. The molecule has 0 amide bonds. The van der Waals surface area contributed by atoms with Crippen LogP contribution in [0.5, 0.6) is 0 Å². The second-order valence-corrected chi connectivity index (χ2v) is 6.56. The van der Waals surface area contributed by atoms with Gasteiger partial charge in [-0.25, -0.2) is 14.5 Å². The molecule has 3 aromatic heterocycles. The monoisotopic (exact) mass is 328 g/mol. The molecule has 3 aromatic rings. The van der Waals surface area contributed by atoms with Crippen molar-refractivity contribution in [1.82, 2.24) is 19.7 Å². The van der Waals surface area contributed by atoms with Crippen LogP contribution in [0.1, 0.15) is 48.3 Å². The average Bonchev–Trinajstić information content (AvgIpc) is 3.09. The zero-order valence-corrected chi connectivity index (χ0v) is 13.5. The molecule has 0 bridgehead atoms. The Bertz CT molecular complexity index is 833. The molecule has 3 heterocycles. The van der Waals surface area contributed by atoms with Crippen molar-refractivity contribution >= 4 is 27.5 Å². The molecule has 7 heteroatoms. The van der Waals surface area contributed by atoms with Crippen molar-refractivity contribution in [3.63, 3.8) is 0 Å². The van der Waals surface area contributed by atoms with Gasteiger partial charge in [-0.3, -0.25) is 4.98 Å². The van der Waals surface area contributed by atoms with Crippen LogP contribution in [0.3, 0.4) is 0 Å². The Hall–Kier alpha value is -2.28. The van der Waals surface area contributed by atoms with Gasteiger partial charge < -0.3 is 4.74 Å². The SMILES string of the molecule is CCOC(=O)c1cc(C2CCC2)n(-c2nc3ccncc3s2)n1. The second kappa shape index (κ2) is 5.73. The molecule has 4 rings (SSSR count). The lowest BCUT2D eigenvalue weighted by Gasteiger charge is -2.25.